The van der Waals surface area contributed by atoms with Gasteiger partial charge in [0.25, 0.3) is 0 Å². The summed E-state index contributed by atoms with van der Waals surface area (Å²) >= 11 is 3.38. The molecule has 0 aromatic heterocycles. The van der Waals surface area contributed by atoms with Crippen LogP contribution in [-0.2, 0) is 16.1 Å². The van der Waals surface area contributed by atoms with E-state index in [9.17, 15) is 9.59 Å². The maximum atomic E-state index is 12.0. The highest BCUT2D eigenvalue weighted by Gasteiger charge is 2.14. The van der Waals surface area contributed by atoms with Crippen molar-refractivity contribution in [3.8, 4) is 0 Å². The summed E-state index contributed by atoms with van der Waals surface area (Å²) in [6.07, 6.45) is 1.19. The fraction of sp³-hybridized carbons (Fsp3) is 0.429. The summed E-state index contributed by atoms with van der Waals surface area (Å²) < 4.78 is 0.950. The lowest BCUT2D eigenvalue weighted by molar-refractivity contribution is -0.138. The normalized spacial score (nSPS) is 10.2. The Labute approximate surface area is 121 Å². The quantitative estimate of drug-likeness (QED) is 0.837. The van der Waals surface area contributed by atoms with Gasteiger partial charge in [-0.05, 0) is 24.1 Å². The zero-order chi connectivity index (χ0) is 14.3. The molecule has 0 aliphatic heterocycles. The lowest BCUT2D eigenvalue weighted by Crippen LogP contribution is -2.32. The van der Waals surface area contributed by atoms with Crippen LogP contribution in [0.1, 0.15) is 31.7 Å². The number of carbonyl (C=O) groups is 2. The summed E-state index contributed by atoms with van der Waals surface area (Å²) in [6, 6.07) is 7.68. The van der Waals surface area contributed by atoms with Crippen LogP contribution in [0.25, 0.3) is 0 Å². The Bertz CT molecular complexity index is 448. The van der Waals surface area contributed by atoms with Gasteiger partial charge in [0.05, 0.1) is 6.42 Å². The average molecular weight is 328 g/mol. The Morgan fingerprint density at radius 2 is 2.05 bits per heavy atom. The zero-order valence-corrected chi connectivity index (χ0v) is 12.5. The Morgan fingerprint density at radius 1 is 1.32 bits per heavy atom. The smallest absolute Gasteiger partial charge is 0.305 e. The first-order valence-electron chi connectivity index (χ1n) is 6.27. The van der Waals surface area contributed by atoms with E-state index in [0.29, 0.717) is 13.0 Å². The van der Waals surface area contributed by atoms with E-state index in [0.717, 1.165) is 16.5 Å². The maximum Gasteiger partial charge on any atom is 0.305 e. The van der Waals surface area contributed by atoms with Crippen molar-refractivity contribution in [1.29, 1.82) is 0 Å². The molecule has 1 N–H and O–H groups in total. The highest BCUT2D eigenvalue weighted by molar-refractivity contribution is 9.10. The van der Waals surface area contributed by atoms with E-state index in [1.165, 1.54) is 0 Å². The van der Waals surface area contributed by atoms with E-state index in [4.69, 9.17) is 5.11 Å². The molecular formula is C14H18BrNO3. The van der Waals surface area contributed by atoms with E-state index in [2.05, 4.69) is 15.9 Å². The van der Waals surface area contributed by atoms with Crippen LogP contribution in [0.4, 0.5) is 0 Å². The van der Waals surface area contributed by atoms with Crippen LogP contribution in [-0.4, -0.2) is 28.4 Å². The van der Waals surface area contributed by atoms with Gasteiger partial charge in [-0.15, -0.1) is 0 Å². The number of aliphatic carboxylic acids is 1. The van der Waals surface area contributed by atoms with E-state index >= 15 is 0 Å². The molecule has 4 nitrogen and oxygen atoms in total. The second-order valence-electron chi connectivity index (χ2n) is 4.34. The Balaban J connectivity index is 2.72. The number of benzene rings is 1. The number of amides is 1. The molecule has 1 aromatic carbocycles. The Hall–Kier alpha value is -1.36. The van der Waals surface area contributed by atoms with Gasteiger partial charge in [-0.3, -0.25) is 9.59 Å². The van der Waals surface area contributed by atoms with Crippen molar-refractivity contribution < 1.29 is 14.7 Å². The van der Waals surface area contributed by atoms with Gasteiger partial charge in [-0.25, -0.2) is 0 Å². The lowest BCUT2D eigenvalue weighted by atomic mass is 10.2. The summed E-state index contributed by atoms with van der Waals surface area (Å²) in [5.41, 5.74) is 0.990. The summed E-state index contributed by atoms with van der Waals surface area (Å²) in [4.78, 5) is 24.2. The van der Waals surface area contributed by atoms with Gasteiger partial charge in [0.2, 0.25) is 5.91 Å². The van der Waals surface area contributed by atoms with Gasteiger partial charge >= 0.3 is 5.97 Å². The zero-order valence-electron chi connectivity index (χ0n) is 10.9. The molecule has 0 spiro atoms. The molecule has 0 saturated heterocycles. The number of carboxylic acid groups (broad SMARTS) is 1. The second kappa shape index (κ2) is 7.94. The molecule has 19 heavy (non-hydrogen) atoms. The number of nitrogens with zero attached hydrogens (tertiary/aromatic N) is 1. The number of halogens is 1. The van der Waals surface area contributed by atoms with E-state index in [1.807, 2.05) is 31.2 Å². The summed E-state index contributed by atoms with van der Waals surface area (Å²) in [5, 5.41) is 8.74. The van der Waals surface area contributed by atoms with Crippen LogP contribution in [0, 0.1) is 0 Å². The van der Waals surface area contributed by atoms with Crippen molar-refractivity contribution >= 4 is 27.8 Å². The molecule has 0 fully saturated rings. The topological polar surface area (TPSA) is 57.6 Å². The highest BCUT2D eigenvalue weighted by Crippen LogP contribution is 2.14. The van der Waals surface area contributed by atoms with E-state index in [-0.39, 0.29) is 18.9 Å². The fourth-order valence-corrected chi connectivity index (χ4v) is 2.20. The van der Waals surface area contributed by atoms with E-state index in [1.54, 1.807) is 4.90 Å². The molecule has 0 bridgehead atoms. The molecular weight excluding hydrogens is 310 g/mol. The molecule has 0 heterocycles. The summed E-state index contributed by atoms with van der Waals surface area (Å²) in [5.74, 6) is -0.882. The molecule has 104 valence electrons. The SMILES string of the molecule is CCCC(=O)N(CCC(=O)O)Cc1cccc(Br)c1. The molecule has 5 heteroatoms. The first kappa shape index (κ1) is 15.7. The van der Waals surface area contributed by atoms with Gasteiger partial charge in [0.1, 0.15) is 0 Å². The number of carboxylic acids is 1. The van der Waals surface area contributed by atoms with Gasteiger partial charge in [-0.1, -0.05) is 35.0 Å². The average Bonchev–Trinajstić information content (AvgIpc) is 2.34. The van der Waals surface area contributed by atoms with Crippen molar-refractivity contribution in [2.75, 3.05) is 6.54 Å². The Kier molecular flexibility index (Phi) is 6.56. The summed E-state index contributed by atoms with van der Waals surface area (Å²) in [6.45, 7) is 2.64. The standard InChI is InChI=1S/C14H18BrNO3/c1-2-4-13(17)16(8-7-14(18)19)10-11-5-3-6-12(15)9-11/h3,5-6,9H,2,4,7-8,10H2,1H3,(H,18,19). The molecule has 0 aliphatic carbocycles. The monoisotopic (exact) mass is 327 g/mol. The largest absolute Gasteiger partial charge is 0.481 e. The van der Waals surface area contributed by atoms with Crippen LogP contribution in [0.15, 0.2) is 28.7 Å². The third kappa shape index (κ3) is 5.87. The molecule has 0 aliphatic rings. The van der Waals surface area contributed by atoms with Crippen LogP contribution >= 0.6 is 15.9 Å². The minimum absolute atomic E-state index is 0.00345. The number of rotatable bonds is 7. The molecule has 1 rings (SSSR count). The van der Waals surface area contributed by atoms with Crippen LogP contribution in [0.2, 0.25) is 0 Å². The van der Waals surface area contributed by atoms with Crippen LogP contribution < -0.4 is 0 Å². The third-order valence-electron chi connectivity index (χ3n) is 2.67. The molecule has 1 aromatic rings. The molecule has 1 amide bonds. The van der Waals surface area contributed by atoms with Crippen molar-refractivity contribution in [3.05, 3.63) is 34.3 Å². The molecule has 0 atom stereocenters. The van der Waals surface area contributed by atoms with Gasteiger partial charge in [-0.2, -0.15) is 0 Å². The molecule has 0 unspecified atom stereocenters. The Morgan fingerprint density at radius 3 is 2.63 bits per heavy atom. The van der Waals surface area contributed by atoms with Crippen molar-refractivity contribution in [3.63, 3.8) is 0 Å². The van der Waals surface area contributed by atoms with Gasteiger partial charge in [0, 0.05) is 24.0 Å². The first-order valence-corrected chi connectivity index (χ1v) is 7.06. The first-order chi connectivity index (χ1) is 9.02. The van der Waals surface area contributed by atoms with Gasteiger partial charge < -0.3 is 10.0 Å². The van der Waals surface area contributed by atoms with E-state index < -0.39 is 5.97 Å². The third-order valence-corrected chi connectivity index (χ3v) is 3.17. The number of carbonyl (C=O) groups excluding carboxylic acids is 1. The molecule has 0 saturated carbocycles. The molecule has 0 radical (unpaired) electrons. The van der Waals surface area contributed by atoms with Crippen molar-refractivity contribution in [2.24, 2.45) is 0 Å². The minimum Gasteiger partial charge on any atom is -0.481 e. The summed E-state index contributed by atoms with van der Waals surface area (Å²) in [7, 11) is 0. The van der Waals surface area contributed by atoms with Crippen molar-refractivity contribution in [2.45, 2.75) is 32.7 Å². The predicted molar refractivity (Wildman–Crippen MR) is 76.7 cm³/mol. The fourth-order valence-electron chi connectivity index (χ4n) is 1.75. The predicted octanol–water partition coefficient (Wildman–Crippen LogP) is 3.05. The maximum absolute atomic E-state index is 12.0. The highest BCUT2D eigenvalue weighted by atomic mass is 79.9. The second-order valence-corrected chi connectivity index (χ2v) is 5.25. The number of hydrogen-bond acceptors (Lipinski definition) is 2. The van der Waals surface area contributed by atoms with Crippen LogP contribution in [0.3, 0.4) is 0 Å². The minimum atomic E-state index is -0.886. The number of hydrogen-bond donors (Lipinski definition) is 1. The van der Waals surface area contributed by atoms with Crippen LogP contribution in [0.5, 0.6) is 0 Å². The van der Waals surface area contributed by atoms with Gasteiger partial charge in [0.15, 0.2) is 0 Å². The van der Waals surface area contributed by atoms with Crippen molar-refractivity contribution in [1.82, 2.24) is 4.90 Å². The lowest BCUT2D eigenvalue weighted by Gasteiger charge is -2.22.